The standard InChI is InChI=1S/C25H25ClN4O4/c1-11-8-12(2)10-14(9-11)30-22(32)19-17(6-7-18(27)31)29-25(20(19)23(30)33)15-4-5-16(26)13(3)21(15)28-24(25)34/h4-5,8-10,17,19-20,29H,6-7H2,1-3H3,(H2,27,31)(H,28,34)/t17-,19+,20-,25+/m0/s1. The van der Waals surface area contributed by atoms with Crippen molar-refractivity contribution in [3.05, 3.63) is 57.6 Å². The zero-order chi connectivity index (χ0) is 24.5. The summed E-state index contributed by atoms with van der Waals surface area (Å²) < 4.78 is 0. The lowest BCUT2D eigenvalue weighted by Crippen LogP contribution is -2.53. The average molecular weight is 481 g/mol. The van der Waals surface area contributed by atoms with Crippen LogP contribution in [0.25, 0.3) is 0 Å². The average Bonchev–Trinajstić information content (AvgIpc) is 3.33. The van der Waals surface area contributed by atoms with Crippen molar-refractivity contribution in [2.45, 2.75) is 45.2 Å². The normalized spacial score (nSPS) is 27.4. The van der Waals surface area contributed by atoms with Crippen molar-refractivity contribution >= 4 is 46.6 Å². The van der Waals surface area contributed by atoms with Gasteiger partial charge in [0.1, 0.15) is 5.54 Å². The molecule has 4 atom stereocenters. The predicted octanol–water partition coefficient (Wildman–Crippen LogP) is 2.46. The summed E-state index contributed by atoms with van der Waals surface area (Å²) >= 11 is 6.29. The first kappa shape index (κ1) is 22.6. The Balaban J connectivity index is 1.68. The van der Waals surface area contributed by atoms with Gasteiger partial charge in [0, 0.05) is 23.0 Å². The second-order valence-electron chi connectivity index (χ2n) is 9.47. The third-order valence-corrected chi connectivity index (χ3v) is 7.66. The fourth-order valence-electron chi connectivity index (χ4n) is 5.87. The van der Waals surface area contributed by atoms with Crippen LogP contribution in [0.15, 0.2) is 30.3 Å². The minimum Gasteiger partial charge on any atom is -0.370 e. The molecular formula is C25H25ClN4O4. The van der Waals surface area contributed by atoms with Gasteiger partial charge in [-0.2, -0.15) is 0 Å². The summed E-state index contributed by atoms with van der Waals surface area (Å²) in [5.74, 6) is -3.54. The topological polar surface area (TPSA) is 122 Å². The number of nitrogens with zero attached hydrogens (tertiary/aromatic N) is 1. The van der Waals surface area contributed by atoms with Crippen LogP contribution in [0, 0.1) is 32.6 Å². The first-order valence-corrected chi connectivity index (χ1v) is 11.6. The number of hydrogen-bond donors (Lipinski definition) is 3. The van der Waals surface area contributed by atoms with Gasteiger partial charge in [-0.3, -0.25) is 24.5 Å². The van der Waals surface area contributed by atoms with Gasteiger partial charge in [-0.15, -0.1) is 0 Å². The summed E-state index contributed by atoms with van der Waals surface area (Å²) in [4.78, 5) is 54.0. The molecule has 2 aromatic carbocycles. The highest BCUT2D eigenvalue weighted by atomic mass is 35.5. The molecule has 0 aromatic heterocycles. The summed E-state index contributed by atoms with van der Waals surface area (Å²) in [7, 11) is 0. The van der Waals surface area contributed by atoms with Crippen LogP contribution in [-0.2, 0) is 24.7 Å². The monoisotopic (exact) mass is 480 g/mol. The molecular weight excluding hydrogens is 456 g/mol. The van der Waals surface area contributed by atoms with Crippen molar-refractivity contribution in [3.63, 3.8) is 0 Å². The Kier molecular flexibility index (Phi) is 5.07. The van der Waals surface area contributed by atoms with Gasteiger partial charge in [-0.1, -0.05) is 23.7 Å². The molecule has 8 nitrogen and oxygen atoms in total. The molecule has 34 heavy (non-hydrogen) atoms. The lowest BCUT2D eigenvalue weighted by Gasteiger charge is -2.29. The van der Waals surface area contributed by atoms with Crippen LogP contribution in [0.4, 0.5) is 11.4 Å². The Bertz CT molecular complexity index is 1270. The van der Waals surface area contributed by atoms with E-state index in [2.05, 4.69) is 10.6 Å². The van der Waals surface area contributed by atoms with Crippen molar-refractivity contribution in [1.29, 1.82) is 0 Å². The molecule has 3 heterocycles. The predicted molar refractivity (Wildman–Crippen MR) is 127 cm³/mol. The number of nitrogens with two attached hydrogens (primary N) is 1. The van der Waals surface area contributed by atoms with E-state index >= 15 is 0 Å². The van der Waals surface area contributed by atoms with Gasteiger partial charge in [-0.25, -0.2) is 4.90 Å². The second kappa shape index (κ2) is 7.65. The SMILES string of the molecule is Cc1cc(C)cc(N2C(=O)[C@@H]3[C@H](CCC(N)=O)N[C@@]4(C(=O)Nc5c4ccc(Cl)c5C)[C@@H]3C2=O)c1. The second-order valence-corrected chi connectivity index (χ2v) is 9.88. The van der Waals surface area contributed by atoms with Crippen LogP contribution < -0.4 is 21.3 Å². The van der Waals surface area contributed by atoms with Crippen LogP contribution in [0.5, 0.6) is 0 Å². The van der Waals surface area contributed by atoms with E-state index in [4.69, 9.17) is 17.3 Å². The van der Waals surface area contributed by atoms with Crippen LogP contribution in [0.2, 0.25) is 5.02 Å². The fourth-order valence-corrected chi connectivity index (χ4v) is 6.03. The Hall–Kier alpha value is -3.23. The molecule has 0 bridgehead atoms. The number of carbonyl (C=O) groups excluding carboxylic acids is 4. The van der Waals surface area contributed by atoms with Gasteiger partial charge in [0.15, 0.2) is 0 Å². The Morgan fingerprint density at radius 2 is 1.76 bits per heavy atom. The van der Waals surface area contributed by atoms with Crippen LogP contribution in [0.3, 0.4) is 0 Å². The molecule has 2 fully saturated rings. The van der Waals surface area contributed by atoms with Gasteiger partial charge in [0.2, 0.25) is 23.6 Å². The van der Waals surface area contributed by atoms with Crippen LogP contribution >= 0.6 is 11.6 Å². The van der Waals surface area contributed by atoms with Crippen molar-refractivity contribution in [1.82, 2.24) is 5.32 Å². The van der Waals surface area contributed by atoms with E-state index in [0.29, 0.717) is 27.5 Å². The Morgan fingerprint density at radius 1 is 1.09 bits per heavy atom. The molecule has 4 N–H and O–H groups in total. The molecule has 3 aliphatic rings. The Morgan fingerprint density at radius 3 is 2.41 bits per heavy atom. The summed E-state index contributed by atoms with van der Waals surface area (Å²) in [6, 6.07) is 8.36. The smallest absolute Gasteiger partial charge is 0.250 e. The highest BCUT2D eigenvalue weighted by Crippen LogP contribution is 2.55. The van der Waals surface area contributed by atoms with E-state index in [9.17, 15) is 19.2 Å². The third kappa shape index (κ3) is 3.02. The number of carbonyl (C=O) groups is 4. The van der Waals surface area contributed by atoms with E-state index < -0.39 is 41.1 Å². The summed E-state index contributed by atoms with van der Waals surface area (Å²) in [5.41, 5.74) is 8.07. The molecule has 0 unspecified atom stereocenters. The number of aryl methyl sites for hydroxylation is 2. The van der Waals surface area contributed by atoms with E-state index in [1.165, 1.54) is 4.90 Å². The first-order chi connectivity index (χ1) is 16.1. The van der Waals surface area contributed by atoms with Gasteiger partial charge in [0.05, 0.1) is 23.2 Å². The maximum absolute atomic E-state index is 13.9. The quantitative estimate of drug-likeness (QED) is 0.580. The van der Waals surface area contributed by atoms with E-state index in [1.54, 1.807) is 31.2 Å². The van der Waals surface area contributed by atoms with E-state index in [1.807, 2.05) is 19.9 Å². The minimum atomic E-state index is -1.45. The molecule has 0 saturated carbocycles. The number of halogens is 1. The number of imide groups is 1. The number of fused-ring (bicyclic) bond motifs is 4. The van der Waals surface area contributed by atoms with Crippen molar-refractivity contribution in [2.75, 3.05) is 10.2 Å². The highest BCUT2D eigenvalue weighted by molar-refractivity contribution is 6.32. The molecule has 3 aliphatic heterocycles. The molecule has 9 heteroatoms. The summed E-state index contributed by atoms with van der Waals surface area (Å²) in [5, 5.41) is 6.67. The van der Waals surface area contributed by atoms with E-state index in [0.717, 1.165) is 11.1 Å². The van der Waals surface area contributed by atoms with Crippen molar-refractivity contribution in [3.8, 4) is 0 Å². The molecule has 1 spiro atoms. The molecule has 176 valence electrons. The van der Waals surface area contributed by atoms with Gasteiger partial charge >= 0.3 is 0 Å². The van der Waals surface area contributed by atoms with Gasteiger partial charge in [0.25, 0.3) is 0 Å². The molecule has 2 aromatic rings. The minimum absolute atomic E-state index is 0.0239. The van der Waals surface area contributed by atoms with Gasteiger partial charge in [-0.05, 0) is 62.1 Å². The molecule has 0 aliphatic carbocycles. The molecule has 5 rings (SSSR count). The number of amides is 4. The first-order valence-electron chi connectivity index (χ1n) is 11.2. The van der Waals surface area contributed by atoms with Crippen LogP contribution in [0.1, 0.15) is 35.1 Å². The largest absolute Gasteiger partial charge is 0.370 e. The zero-order valence-electron chi connectivity index (χ0n) is 19.1. The van der Waals surface area contributed by atoms with E-state index in [-0.39, 0.29) is 18.7 Å². The van der Waals surface area contributed by atoms with Gasteiger partial charge < -0.3 is 11.1 Å². The van der Waals surface area contributed by atoms with Crippen LogP contribution in [-0.4, -0.2) is 29.7 Å². The fraction of sp³-hybridized carbons (Fsp3) is 0.360. The number of anilines is 2. The molecule has 0 radical (unpaired) electrons. The number of benzene rings is 2. The summed E-state index contributed by atoms with van der Waals surface area (Å²) in [6.45, 7) is 5.59. The lowest BCUT2D eigenvalue weighted by atomic mass is 9.76. The molecule has 4 amide bonds. The zero-order valence-corrected chi connectivity index (χ0v) is 19.8. The number of primary amides is 1. The maximum Gasteiger partial charge on any atom is 0.250 e. The number of hydrogen-bond acceptors (Lipinski definition) is 5. The Labute approximate surface area is 201 Å². The number of rotatable bonds is 4. The summed E-state index contributed by atoms with van der Waals surface area (Å²) in [6.07, 6.45) is 0.253. The molecule has 2 saturated heterocycles. The number of nitrogens with one attached hydrogen (secondary N) is 2. The maximum atomic E-state index is 13.9. The third-order valence-electron chi connectivity index (χ3n) is 7.25. The van der Waals surface area contributed by atoms with Crippen molar-refractivity contribution < 1.29 is 19.2 Å². The van der Waals surface area contributed by atoms with Crippen molar-refractivity contribution in [2.24, 2.45) is 17.6 Å². The lowest BCUT2D eigenvalue weighted by molar-refractivity contribution is -0.130. The highest BCUT2D eigenvalue weighted by Gasteiger charge is 2.70.